The van der Waals surface area contributed by atoms with Crippen molar-refractivity contribution in [2.75, 3.05) is 11.9 Å². The number of halogens is 1. The van der Waals surface area contributed by atoms with Crippen LogP contribution in [0.2, 0.25) is 0 Å². The summed E-state index contributed by atoms with van der Waals surface area (Å²) in [6, 6.07) is 6.61. The van der Waals surface area contributed by atoms with E-state index in [9.17, 15) is 4.39 Å². The molecule has 100 valence electrons. The lowest BCUT2D eigenvalue weighted by molar-refractivity contribution is 0.628. The van der Waals surface area contributed by atoms with Crippen molar-refractivity contribution in [3.8, 4) is 11.3 Å². The van der Waals surface area contributed by atoms with Gasteiger partial charge in [-0.1, -0.05) is 13.0 Å². The Balaban J connectivity index is 2.43. The molecule has 0 aliphatic carbocycles. The Kier molecular flexibility index (Phi) is 4.10. The van der Waals surface area contributed by atoms with E-state index in [1.807, 2.05) is 19.9 Å². The summed E-state index contributed by atoms with van der Waals surface area (Å²) in [7, 11) is 0. The van der Waals surface area contributed by atoms with Crippen LogP contribution in [0.25, 0.3) is 11.3 Å². The second-order valence-electron chi connectivity index (χ2n) is 4.57. The minimum Gasteiger partial charge on any atom is -0.370 e. The Morgan fingerprint density at radius 1 is 1.16 bits per heavy atom. The van der Waals surface area contributed by atoms with Gasteiger partial charge in [-0.15, -0.1) is 0 Å². The summed E-state index contributed by atoms with van der Waals surface area (Å²) in [5.74, 6) is 1.22. The van der Waals surface area contributed by atoms with Crippen molar-refractivity contribution in [3.63, 3.8) is 0 Å². The first-order valence-electron chi connectivity index (χ1n) is 6.46. The molecule has 3 nitrogen and oxygen atoms in total. The zero-order valence-corrected chi connectivity index (χ0v) is 11.5. The van der Waals surface area contributed by atoms with Crippen LogP contribution < -0.4 is 5.32 Å². The summed E-state index contributed by atoms with van der Waals surface area (Å²) in [6.07, 6.45) is 1.03. The first-order chi connectivity index (χ1) is 9.10. The molecule has 0 aliphatic heterocycles. The third-order valence-corrected chi connectivity index (χ3v) is 2.87. The molecule has 1 heterocycles. The molecule has 0 spiro atoms. The molecular formula is C15H18FN3. The zero-order valence-electron chi connectivity index (χ0n) is 11.5. The van der Waals surface area contributed by atoms with Gasteiger partial charge in [0.15, 0.2) is 0 Å². The van der Waals surface area contributed by atoms with Gasteiger partial charge in [-0.2, -0.15) is 0 Å². The van der Waals surface area contributed by atoms with Gasteiger partial charge in [0, 0.05) is 18.2 Å². The van der Waals surface area contributed by atoms with E-state index < -0.39 is 0 Å². The Labute approximate surface area is 112 Å². The minimum absolute atomic E-state index is 0.250. The highest BCUT2D eigenvalue weighted by Gasteiger charge is 2.08. The fraction of sp³-hybridized carbons (Fsp3) is 0.333. The number of hydrogen-bond acceptors (Lipinski definition) is 3. The van der Waals surface area contributed by atoms with Crippen molar-refractivity contribution in [3.05, 3.63) is 41.5 Å². The van der Waals surface area contributed by atoms with Crippen molar-refractivity contribution < 1.29 is 4.39 Å². The van der Waals surface area contributed by atoms with Gasteiger partial charge in [0.1, 0.15) is 17.5 Å². The normalized spacial score (nSPS) is 10.5. The van der Waals surface area contributed by atoms with Gasteiger partial charge in [0.05, 0.1) is 5.69 Å². The zero-order chi connectivity index (χ0) is 13.8. The van der Waals surface area contributed by atoms with E-state index in [1.165, 1.54) is 12.1 Å². The monoisotopic (exact) mass is 259 g/mol. The van der Waals surface area contributed by atoms with E-state index in [4.69, 9.17) is 0 Å². The maximum atomic E-state index is 13.4. The van der Waals surface area contributed by atoms with E-state index in [-0.39, 0.29) is 5.82 Å². The highest BCUT2D eigenvalue weighted by molar-refractivity contribution is 5.66. The van der Waals surface area contributed by atoms with E-state index >= 15 is 0 Å². The minimum atomic E-state index is -0.250. The lowest BCUT2D eigenvalue weighted by Crippen LogP contribution is -2.04. The number of hydrogen-bond donors (Lipinski definition) is 1. The van der Waals surface area contributed by atoms with Crippen molar-refractivity contribution in [2.45, 2.75) is 27.2 Å². The van der Waals surface area contributed by atoms with Crippen LogP contribution >= 0.6 is 0 Å². The van der Waals surface area contributed by atoms with Crippen LogP contribution in [0.4, 0.5) is 10.2 Å². The van der Waals surface area contributed by atoms with Gasteiger partial charge in [-0.25, -0.2) is 14.4 Å². The van der Waals surface area contributed by atoms with E-state index in [1.54, 1.807) is 6.07 Å². The maximum Gasteiger partial charge on any atom is 0.130 e. The molecule has 0 unspecified atom stereocenters. The number of benzene rings is 1. The average molecular weight is 259 g/mol. The summed E-state index contributed by atoms with van der Waals surface area (Å²) >= 11 is 0. The molecule has 4 heteroatoms. The molecule has 0 aliphatic rings. The largest absolute Gasteiger partial charge is 0.370 e. The van der Waals surface area contributed by atoms with Gasteiger partial charge in [-0.3, -0.25) is 0 Å². The van der Waals surface area contributed by atoms with Crippen LogP contribution in [0.5, 0.6) is 0 Å². The Morgan fingerprint density at radius 3 is 2.68 bits per heavy atom. The lowest BCUT2D eigenvalue weighted by Gasteiger charge is -2.10. The number of nitrogens with one attached hydrogen (secondary N) is 1. The highest BCUT2D eigenvalue weighted by Crippen LogP contribution is 2.24. The SMILES string of the molecule is CCCNc1cc(-c2cc(F)ccc2C)nc(C)n1. The van der Waals surface area contributed by atoms with Crippen molar-refractivity contribution in [1.29, 1.82) is 0 Å². The molecule has 0 bridgehead atoms. The first kappa shape index (κ1) is 13.5. The van der Waals surface area contributed by atoms with Crippen LogP contribution in [0.3, 0.4) is 0 Å². The number of rotatable bonds is 4. The van der Waals surface area contributed by atoms with Gasteiger partial charge in [0.2, 0.25) is 0 Å². The third-order valence-electron chi connectivity index (χ3n) is 2.87. The number of anilines is 1. The van der Waals surface area contributed by atoms with Crippen LogP contribution in [0.15, 0.2) is 24.3 Å². The molecule has 0 saturated heterocycles. The van der Waals surface area contributed by atoms with Gasteiger partial charge < -0.3 is 5.32 Å². The third kappa shape index (κ3) is 3.28. The van der Waals surface area contributed by atoms with Crippen molar-refractivity contribution in [2.24, 2.45) is 0 Å². The number of aromatic nitrogens is 2. The molecule has 1 N–H and O–H groups in total. The van der Waals surface area contributed by atoms with Crippen molar-refractivity contribution in [1.82, 2.24) is 9.97 Å². The van der Waals surface area contributed by atoms with Crippen LogP contribution in [-0.2, 0) is 0 Å². The molecule has 2 rings (SSSR count). The van der Waals surface area contributed by atoms with Gasteiger partial charge >= 0.3 is 0 Å². The highest BCUT2D eigenvalue weighted by atomic mass is 19.1. The van der Waals surface area contributed by atoms with E-state index in [0.717, 1.165) is 35.6 Å². The number of nitrogens with zero attached hydrogens (tertiary/aromatic N) is 2. The first-order valence-corrected chi connectivity index (χ1v) is 6.46. The average Bonchev–Trinajstić information content (AvgIpc) is 2.38. The Hall–Kier alpha value is -1.97. The standard InChI is InChI=1S/C15H18FN3/c1-4-7-17-15-9-14(18-11(3)19-15)13-8-12(16)6-5-10(13)2/h5-6,8-9H,4,7H2,1-3H3,(H,17,18,19). The molecule has 0 atom stereocenters. The lowest BCUT2D eigenvalue weighted by atomic mass is 10.1. The summed E-state index contributed by atoms with van der Waals surface area (Å²) < 4.78 is 13.4. The Morgan fingerprint density at radius 2 is 1.95 bits per heavy atom. The molecule has 0 fully saturated rings. The quantitative estimate of drug-likeness (QED) is 0.909. The Bertz CT molecular complexity index is 582. The summed E-state index contributed by atoms with van der Waals surface area (Å²) in [6.45, 7) is 6.75. The second-order valence-corrected chi connectivity index (χ2v) is 4.57. The predicted molar refractivity (Wildman–Crippen MR) is 75.7 cm³/mol. The van der Waals surface area contributed by atoms with Crippen LogP contribution in [0, 0.1) is 19.7 Å². The van der Waals surface area contributed by atoms with Gasteiger partial charge in [0.25, 0.3) is 0 Å². The molecule has 19 heavy (non-hydrogen) atoms. The fourth-order valence-electron chi connectivity index (χ4n) is 1.92. The van der Waals surface area contributed by atoms with Crippen molar-refractivity contribution >= 4 is 5.82 Å². The second kappa shape index (κ2) is 5.78. The topological polar surface area (TPSA) is 37.8 Å². The smallest absolute Gasteiger partial charge is 0.130 e. The summed E-state index contributed by atoms with van der Waals surface area (Å²) in [5, 5.41) is 3.23. The molecule has 2 aromatic rings. The molecule has 0 amide bonds. The van der Waals surface area contributed by atoms with Gasteiger partial charge in [-0.05, 0) is 38.0 Å². The predicted octanol–water partition coefficient (Wildman–Crippen LogP) is 3.72. The molecule has 1 aromatic carbocycles. The van der Waals surface area contributed by atoms with Crippen LogP contribution in [-0.4, -0.2) is 16.5 Å². The molecule has 0 radical (unpaired) electrons. The molecular weight excluding hydrogens is 241 g/mol. The van der Waals surface area contributed by atoms with Crippen LogP contribution in [0.1, 0.15) is 24.7 Å². The molecule has 1 aromatic heterocycles. The summed E-state index contributed by atoms with van der Waals surface area (Å²) in [4.78, 5) is 8.73. The number of aryl methyl sites for hydroxylation is 2. The van der Waals surface area contributed by atoms with E-state index in [0.29, 0.717) is 5.82 Å². The maximum absolute atomic E-state index is 13.4. The van der Waals surface area contributed by atoms with E-state index in [2.05, 4.69) is 22.2 Å². The fourth-order valence-corrected chi connectivity index (χ4v) is 1.92. The summed E-state index contributed by atoms with van der Waals surface area (Å²) in [5.41, 5.74) is 2.56. The molecule has 0 saturated carbocycles.